The van der Waals surface area contributed by atoms with Crippen molar-refractivity contribution in [3.05, 3.63) is 0 Å². The molecule has 0 saturated heterocycles. The van der Waals surface area contributed by atoms with Gasteiger partial charge in [0.2, 0.25) is 0 Å². The molecule has 0 N–H and O–H groups in total. The number of ether oxygens (including phenoxy) is 1. The van der Waals surface area contributed by atoms with Crippen molar-refractivity contribution in [2.24, 2.45) is 5.92 Å². The van der Waals surface area contributed by atoms with Crippen LogP contribution in [0.25, 0.3) is 0 Å². The number of rotatable bonds is 4. The molecule has 1 atom stereocenters. The molecule has 11 heavy (non-hydrogen) atoms. The van der Waals surface area contributed by atoms with Crippen LogP contribution in [0.1, 0.15) is 19.8 Å². The molecule has 0 aliphatic heterocycles. The summed E-state index contributed by atoms with van der Waals surface area (Å²) in [6.07, 6.45) is 2.94. The number of hydrogen-bond acceptors (Lipinski definition) is 3. The average molecular weight is 166 g/mol. The SMILES string of the molecule is CCCC([C-]=O)C(=O)OC.[Na+]. The van der Waals surface area contributed by atoms with E-state index in [2.05, 4.69) is 4.74 Å². The fraction of sp³-hybridized carbons (Fsp3) is 0.714. The maximum Gasteiger partial charge on any atom is 1.00 e. The third-order valence-electron chi connectivity index (χ3n) is 1.21. The van der Waals surface area contributed by atoms with Gasteiger partial charge in [0.25, 0.3) is 5.97 Å². The van der Waals surface area contributed by atoms with E-state index in [1.54, 1.807) is 6.29 Å². The van der Waals surface area contributed by atoms with E-state index in [0.29, 0.717) is 6.42 Å². The quantitative estimate of drug-likeness (QED) is 0.204. The second-order valence-electron chi connectivity index (χ2n) is 1.98. The Balaban J connectivity index is 0. The van der Waals surface area contributed by atoms with Crippen LogP contribution in [0.3, 0.4) is 0 Å². The van der Waals surface area contributed by atoms with Gasteiger partial charge in [-0.25, -0.2) is 0 Å². The molecule has 0 radical (unpaired) electrons. The minimum atomic E-state index is -0.685. The van der Waals surface area contributed by atoms with Crippen LogP contribution in [0.5, 0.6) is 0 Å². The van der Waals surface area contributed by atoms with Gasteiger partial charge in [-0.1, -0.05) is 19.8 Å². The zero-order valence-electron chi connectivity index (χ0n) is 7.22. The Morgan fingerprint density at radius 2 is 2.18 bits per heavy atom. The van der Waals surface area contributed by atoms with Crippen molar-refractivity contribution in [1.29, 1.82) is 0 Å². The first-order chi connectivity index (χ1) is 4.76. The molecule has 0 aromatic rings. The fourth-order valence-electron chi connectivity index (χ4n) is 0.656. The smallest absolute Gasteiger partial charge is 0.541 e. The van der Waals surface area contributed by atoms with Crippen molar-refractivity contribution in [3.63, 3.8) is 0 Å². The summed E-state index contributed by atoms with van der Waals surface area (Å²) >= 11 is 0. The topological polar surface area (TPSA) is 43.4 Å². The molecule has 0 amide bonds. The minimum absolute atomic E-state index is 0. The molecular formula is C7H11NaO3. The Morgan fingerprint density at radius 1 is 1.64 bits per heavy atom. The Kier molecular flexibility index (Phi) is 10.3. The molecule has 1 unspecified atom stereocenters. The monoisotopic (exact) mass is 166 g/mol. The Hall–Kier alpha value is 0.140. The van der Waals surface area contributed by atoms with Gasteiger partial charge in [-0.05, 0) is 5.92 Å². The van der Waals surface area contributed by atoms with Gasteiger partial charge < -0.3 is 9.53 Å². The van der Waals surface area contributed by atoms with Crippen molar-refractivity contribution in [3.8, 4) is 0 Å². The van der Waals surface area contributed by atoms with Crippen molar-refractivity contribution >= 4 is 12.3 Å². The zero-order valence-corrected chi connectivity index (χ0v) is 9.22. The Labute approximate surface area is 88.8 Å². The maximum atomic E-state index is 10.6. The van der Waals surface area contributed by atoms with E-state index in [4.69, 9.17) is 0 Å². The first-order valence-corrected chi connectivity index (χ1v) is 3.21. The van der Waals surface area contributed by atoms with Crippen LogP contribution >= 0.6 is 0 Å². The van der Waals surface area contributed by atoms with E-state index in [-0.39, 0.29) is 29.6 Å². The summed E-state index contributed by atoms with van der Waals surface area (Å²) < 4.78 is 4.35. The van der Waals surface area contributed by atoms with Gasteiger partial charge in [-0.2, -0.15) is 0 Å². The molecule has 4 heteroatoms. The second-order valence-corrected chi connectivity index (χ2v) is 1.98. The van der Waals surface area contributed by atoms with Crippen LogP contribution in [0, 0.1) is 5.92 Å². The van der Waals surface area contributed by atoms with Crippen molar-refractivity contribution in [1.82, 2.24) is 0 Å². The Morgan fingerprint density at radius 3 is 2.45 bits per heavy atom. The van der Waals surface area contributed by atoms with Gasteiger partial charge in [0, 0.05) is 0 Å². The molecule has 0 heterocycles. The van der Waals surface area contributed by atoms with E-state index in [1.807, 2.05) is 6.92 Å². The first-order valence-electron chi connectivity index (χ1n) is 3.21. The fourth-order valence-corrected chi connectivity index (χ4v) is 0.656. The molecule has 0 aliphatic carbocycles. The van der Waals surface area contributed by atoms with Crippen LogP contribution in [0.15, 0.2) is 0 Å². The van der Waals surface area contributed by atoms with Gasteiger partial charge in [-0.3, -0.25) is 11.1 Å². The van der Waals surface area contributed by atoms with Gasteiger partial charge in [-0.15, -0.1) is 0 Å². The second kappa shape index (κ2) is 8.24. The standard InChI is InChI=1S/C7H11O3.Na/c1-3-4-6(5-8)7(9)10-2;/h6H,3-4H2,1-2H3;/q-1;+1. The van der Waals surface area contributed by atoms with Crippen molar-refractivity contribution < 1.29 is 43.9 Å². The van der Waals surface area contributed by atoms with Crippen LogP contribution in [-0.2, 0) is 14.3 Å². The summed E-state index contributed by atoms with van der Waals surface area (Å²) in [5.74, 6) is -1.17. The average Bonchev–Trinajstić information content (AvgIpc) is 1.99. The molecule has 0 bridgehead atoms. The molecule has 0 aliphatic rings. The third kappa shape index (κ3) is 5.41. The predicted molar refractivity (Wildman–Crippen MR) is 36.1 cm³/mol. The molecule has 0 aromatic heterocycles. The third-order valence-corrected chi connectivity index (χ3v) is 1.21. The first kappa shape index (κ1) is 13.7. The number of carbonyl (C=O) groups is 1. The van der Waals surface area contributed by atoms with Gasteiger partial charge >= 0.3 is 29.6 Å². The number of methoxy groups -OCH3 is 1. The van der Waals surface area contributed by atoms with Crippen LogP contribution in [0.4, 0.5) is 0 Å². The van der Waals surface area contributed by atoms with Crippen molar-refractivity contribution in [2.75, 3.05) is 7.11 Å². The van der Waals surface area contributed by atoms with Crippen LogP contribution in [-0.4, -0.2) is 19.4 Å². The number of esters is 1. The molecular weight excluding hydrogens is 155 g/mol. The number of hydrogen-bond donors (Lipinski definition) is 0. The van der Waals surface area contributed by atoms with E-state index in [1.165, 1.54) is 7.11 Å². The normalized spacial score (nSPS) is 11.1. The summed E-state index contributed by atoms with van der Waals surface area (Å²) in [7, 11) is 1.27. The predicted octanol–water partition coefficient (Wildman–Crippen LogP) is -2.31. The van der Waals surface area contributed by atoms with Crippen LogP contribution in [0.2, 0.25) is 0 Å². The van der Waals surface area contributed by atoms with E-state index in [9.17, 15) is 9.59 Å². The largest absolute Gasteiger partial charge is 1.00 e. The summed E-state index contributed by atoms with van der Waals surface area (Å²) in [5.41, 5.74) is 0. The summed E-state index contributed by atoms with van der Waals surface area (Å²) in [5, 5.41) is 0. The van der Waals surface area contributed by atoms with Crippen LogP contribution < -0.4 is 29.6 Å². The molecule has 0 fully saturated rings. The molecule has 0 spiro atoms. The zero-order chi connectivity index (χ0) is 7.98. The minimum Gasteiger partial charge on any atom is -0.541 e. The van der Waals surface area contributed by atoms with E-state index < -0.39 is 11.9 Å². The Bertz CT molecular complexity index is 125. The number of carbonyl (C=O) groups excluding carboxylic acids is 2. The summed E-state index contributed by atoms with van der Waals surface area (Å²) in [6, 6.07) is 0. The molecule has 0 aromatic carbocycles. The van der Waals surface area contributed by atoms with Gasteiger partial charge in [0.1, 0.15) is 0 Å². The molecule has 0 saturated carbocycles. The van der Waals surface area contributed by atoms with E-state index in [0.717, 1.165) is 6.42 Å². The summed E-state index contributed by atoms with van der Waals surface area (Å²) in [6.45, 7) is 1.90. The van der Waals surface area contributed by atoms with Gasteiger partial charge in [0.05, 0.1) is 7.11 Å². The maximum absolute atomic E-state index is 10.6. The van der Waals surface area contributed by atoms with E-state index >= 15 is 0 Å². The van der Waals surface area contributed by atoms with Crippen molar-refractivity contribution in [2.45, 2.75) is 19.8 Å². The van der Waals surface area contributed by atoms with Gasteiger partial charge in [0.15, 0.2) is 0 Å². The summed E-state index contributed by atoms with van der Waals surface area (Å²) in [4.78, 5) is 20.7. The molecule has 0 rings (SSSR count). The molecule has 3 nitrogen and oxygen atoms in total. The molecule has 58 valence electrons.